The van der Waals surface area contributed by atoms with E-state index in [1.165, 1.54) is 50.5 Å². The van der Waals surface area contributed by atoms with E-state index in [9.17, 15) is 10.2 Å². The highest BCUT2D eigenvalue weighted by molar-refractivity contribution is 5.29. The first-order valence-corrected chi connectivity index (χ1v) is 13.7. The van der Waals surface area contributed by atoms with Crippen LogP contribution >= 0.6 is 0 Å². The minimum absolute atomic E-state index is 0.109. The smallest absolute Gasteiger partial charge is 0.101 e. The van der Waals surface area contributed by atoms with Crippen molar-refractivity contribution in [1.82, 2.24) is 0 Å². The van der Waals surface area contributed by atoms with Crippen molar-refractivity contribution < 1.29 is 10.2 Å². The lowest BCUT2D eigenvalue weighted by molar-refractivity contribution is -0.0802. The van der Waals surface area contributed by atoms with Crippen molar-refractivity contribution in [3.05, 3.63) is 11.6 Å². The van der Waals surface area contributed by atoms with Crippen LogP contribution in [0.4, 0.5) is 0 Å². The summed E-state index contributed by atoms with van der Waals surface area (Å²) in [5.74, 6) is 5.77. The largest absolute Gasteiger partial charge is 0.390 e. The first-order valence-electron chi connectivity index (χ1n) is 13.7. The van der Waals surface area contributed by atoms with E-state index in [0.717, 1.165) is 54.8 Å². The minimum Gasteiger partial charge on any atom is -0.390 e. The lowest BCUT2D eigenvalue weighted by atomic mass is 9.46. The highest BCUT2D eigenvalue weighted by Gasteiger charge is 2.60. The zero-order valence-corrected chi connectivity index (χ0v) is 21.2. The van der Waals surface area contributed by atoms with Gasteiger partial charge in [-0.2, -0.15) is 0 Å². The summed E-state index contributed by atoms with van der Waals surface area (Å²) in [7, 11) is 0. The molecule has 2 unspecified atom stereocenters. The molecule has 0 aromatic heterocycles. The third-order valence-electron chi connectivity index (χ3n) is 11.4. The van der Waals surface area contributed by atoms with Crippen molar-refractivity contribution in [3.8, 4) is 0 Å². The zero-order valence-electron chi connectivity index (χ0n) is 21.2. The molecular weight excluding hydrogens is 380 g/mol. The van der Waals surface area contributed by atoms with E-state index in [0.29, 0.717) is 11.3 Å². The molecule has 0 aromatic carbocycles. The fraction of sp³-hybridized carbons (Fsp3) is 0.931. The first-order chi connectivity index (χ1) is 14.6. The third-order valence-corrected chi connectivity index (χ3v) is 11.4. The Kier molecular flexibility index (Phi) is 6.75. The zero-order chi connectivity index (χ0) is 22.6. The molecule has 0 spiro atoms. The molecule has 0 radical (unpaired) electrons. The topological polar surface area (TPSA) is 40.5 Å². The number of aliphatic hydroxyl groups excluding tert-OH is 2. The highest BCUT2D eigenvalue weighted by atomic mass is 16.3. The molecule has 4 aliphatic rings. The third kappa shape index (κ3) is 3.86. The van der Waals surface area contributed by atoms with Crippen molar-refractivity contribution in [1.29, 1.82) is 0 Å². The fourth-order valence-corrected chi connectivity index (χ4v) is 9.38. The molecule has 2 heteroatoms. The van der Waals surface area contributed by atoms with Gasteiger partial charge in [0.1, 0.15) is 6.10 Å². The van der Waals surface area contributed by atoms with Gasteiger partial charge < -0.3 is 10.2 Å². The molecule has 10 atom stereocenters. The first kappa shape index (κ1) is 23.8. The SMILES string of the molecule is CC[C@H](CC[C@@H](C)[C@H]1CC[C@H]2[C@@H]3CC=C4C(O)C(O)CC[C@]4(C)[C@H]3CC[C@]12C)C(C)C. The van der Waals surface area contributed by atoms with Gasteiger partial charge in [0.05, 0.1) is 6.10 Å². The molecule has 0 amide bonds. The van der Waals surface area contributed by atoms with Crippen LogP contribution in [0, 0.1) is 52.3 Å². The maximum atomic E-state index is 10.7. The number of allylic oxidation sites excluding steroid dienone is 1. The number of hydrogen-bond acceptors (Lipinski definition) is 2. The molecule has 3 fully saturated rings. The Bertz CT molecular complexity index is 668. The molecule has 2 nitrogen and oxygen atoms in total. The lowest BCUT2D eigenvalue weighted by Gasteiger charge is -2.59. The maximum absolute atomic E-state index is 10.7. The van der Waals surface area contributed by atoms with E-state index < -0.39 is 12.2 Å². The molecule has 178 valence electrons. The van der Waals surface area contributed by atoms with Gasteiger partial charge in [0, 0.05) is 0 Å². The van der Waals surface area contributed by atoms with E-state index in [1.54, 1.807) is 0 Å². The second-order valence-electron chi connectivity index (χ2n) is 12.9. The van der Waals surface area contributed by atoms with Gasteiger partial charge >= 0.3 is 0 Å². The van der Waals surface area contributed by atoms with Gasteiger partial charge in [0.2, 0.25) is 0 Å². The van der Waals surface area contributed by atoms with Crippen molar-refractivity contribution in [2.75, 3.05) is 0 Å². The Labute approximate surface area is 192 Å². The lowest BCUT2D eigenvalue weighted by Crippen LogP contribution is -2.53. The van der Waals surface area contributed by atoms with Crippen molar-refractivity contribution in [2.45, 2.75) is 118 Å². The summed E-state index contributed by atoms with van der Waals surface area (Å²) in [5, 5.41) is 21.0. The van der Waals surface area contributed by atoms with E-state index >= 15 is 0 Å². The molecule has 0 aliphatic heterocycles. The number of hydrogen-bond donors (Lipinski definition) is 2. The van der Waals surface area contributed by atoms with E-state index in [2.05, 4.69) is 47.6 Å². The van der Waals surface area contributed by atoms with Crippen LogP contribution in [-0.2, 0) is 0 Å². The summed E-state index contributed by atoms with van der Waals surface area (Å²) >= 11 is 0. The second-order valence-corrected chi connectivity index (χ2v) is 12.9. The number of aliphatic hydroxyl groups is 2. The summed E-state index contributed by atoms with van der Waals surface area (Å²) in [6.45, 7) is 14.8. The van der Waals surface area contributed by atoms with Gasteiger partial charge in [-0.25, -0.2) is 0 Å². The molecule has 3 saturated carbocycles. The van der Waals surface area contributed by atoms with Crippen LogP contribution < -0.4 is 0 Å². The highest BCUT2D eigenvalue weighted by Crippen LogP contribution is 2.67. The van der Waals surface area contributed by atoms with E-state index in [-0.39, 0.29) is 5.41 Å². The molecule has 31 heavy (non-hydrogen) atoms. The van der Waals surface area contributed by atoms with Crippen LogP contribution in [0.25, 0.3) is 0 Å². The van der Waals surface area contributed by atoms with Crippen LogP contribution in [0.1, 0.15) is 106 Å². The Hall–Kier alpha value is -0.340. The Balaban J connectivity index is 1.49. The molecule has 2 N–H and O–H groups in total. The molecule has 0 saturated heterocycles. The van der Waals surface area contributed by atoms with Gasteiger partial charge in [-0.15, -0.1) is 0 Å². The summed E-state index contributed by atoms with van der Waals surface area (Å²) in [6, 6.07) is 0. The number of rotatable bonds is 6. The Morgan fingerprint density at radius 3 is 2.39 bits per heavy atom. The van der Waals surface area contributed by atoms with Crippen LogP contribution in [0.5, 0.6) is 0 Å². The predicted molar refractivity (Wildman–Crippen MR) is 130 cm³/mol. The quantitative estimate of drug-likeness (QED) is 0.446. The fourth-order valence-electron chi connectivity index (χ4n) is 9.38. The van der Waals surface area contributed by atoms with E-state index in [4.69, 9.17) is 0 Å². The van der Waals surface area contributed by atoms with Gasteiger partial charge in [-0.05, 0) is 109 Å². The van der Waals surface area contributed by atoms with Gasteiger partial charge in [-0.3, -0.25) is 0 Å². The minimum atomic E-state index is -0.628. The Morgan fingerprint density at radius 1 is 0.968 bits per heavy atom. The monoisotopic (exact) mass is 430 g/mol. The second kappa shape index (κ2) is 8.79. The molecule has 0 bridgehead atoms. The molecule has 0 aromatic rings. The Morgan fingerprint density at radius 2 is 1.71 bits per heavy atom. The van der Waals surface area contributed by atoms with Crippen LogP contribution in [0.3, 0.4) is 0 Å². The van der Waals surface area contributed by atoms with Gasteiger partial charge in [0.15, 0.2) is 0 Å². The summed E-state index contributed by atoms with van der Waals surface area (Å²) in [5.41, 5.74) is 1.80. The average Bonchev–Trinajstić information content (AvgIpc) is 3.08. The van der Waals surface area contributed by atoms with Crippen LogP contribution in [0.15, 0.2) is 11.6 Å². The normalized spacial score (nSPS) is 46.7. The molecule has 0 heterocycles. The molecule has 4 rings (SSSR count). The summed E-state index contributed by atoms with van der Waals surface area (Å²) in [4.78, 5) is 0. The van der Waals surface area contributed by atoms with E-state index in [1.807, 2.05) is 0 Å². The number of fused-ring (bicyclic) bond motifs is 5. The van der Waals surface area contributed by atoms with Gasteiger partial charge in [-0.1, -0.05) is 60.5 Å². The van der Waals surface area contributed by atoms with Crippen LogP contribution in [0.2, 0.25) is 0 Å². The molecule has 4 aliphatic carbocycles. The maximum Gasteiger partial charge on any atom is 0.101 e. The van der Waals surface area contributed by atoms with Gasteiger partial charge in [0.25, 0.3) is 0 Å². The van der Waals surface area contributed by atoms with Crippen LogP contribution in [-0.4, -0.2) is 22.4 Å². The summed E-state index contributed by atoms with van der Waals surface area (Å²) in [6.07, 6.45) is 13.8. The van der Waals surface area contributed by atoms with Crippen molar-refractivity contribution in [3.63, 3.8) is 0 Å². The standard InChI is InChI=1S/C29H50O2/c1-7-20(18(2)3)9-8-19(4)22-12-13-23-21-10-11-25-27(31)26(30)15-17-29(25,6)24(21)14-16-28(22,23)5/h11,18-24,26-27,30-31H,7-10,12-17H2,1-6H3/t19-,20-,21+,22-,23+,24+,26?,27?,28-,29-/m1/s1. The average molecular weight is 431 g/mol. The summed E-state index contributed by atoms with van der Waals surface area (Å²) < 4.78 is 0. The predicted octanol–water partition coefficient (Wildman–Crippen LogP) is 7.00. The molecular formula is C29H50O2. The van der Waals surface area contributed by atoms with Crippen molar-refractivity contribution in [2.24, 2.45) is 52.3 Å². The van der Waals surface area contributed by atoms with Crippen molar-refractivity contribution >= 4 is 0 Å².